The summed E-state index contributed by atoms with van der Waals surface area (Å²) < 4.78 is 16.3. The first-order chi connectivity index (χ1) is 14.7. The van der Waals surface area contributed by atoms with Gasteiger partial charge in [-0.05, 0) is 41.0 Å². The van der Waals surface area contributed by atoms with E-state index in [1.807, 2.05) is 12.1 Å². The third-order valence-corrected chi connectivity index (χ3v) is 4.81. The lowest BCUT2D eigenvalue weighted by Crippen LogP contribution is -2.36. The summed E-state index contributed by atoms with van der Waals surface area (Å²) in [6, 6.07) is 18.6. The van der Waals surface area contributed by atoms with E-state index < -0.39 is 0 Å². The minimum atomic E-state index is 0.474. The number of nitrogens with zero attached hydrogens (tertiary/aromatic N) is 1. The van der Waals surface area contributed by atoms with Crippen molar-refractivity contribution in [1.82, 2.24) is 10.6 Å². The number of aliphatic imine (C=N–C) groups is 1. The molecule has 6 heteroatoms. The van der Waals surface area contributed by atoms with Gasteiger partial charge in [-0.25, -0.2) is 4.99 Å². The maximum Gasteiger partial charge on any atom is 0.203 e. The van der Waals surface area contributed by atoms with Crippen LogP contribution in [0.2, 0.25) is 0 Å². The van der Waals surface area contributed by atoms with E-state index in [0.29, 0.717) is 30.3 Å². The highest BCUT2D eigenvalue weighted by molar-refractivity contribution is 5.86. The van der Waals surface area contributed by atoms with E-state index in [-0.39, 0.29) is 0 Å². The lowest BCUT2D eigenvalue weighted by molar-refractivity contribution is 0.324. The number of rotatable bonds is 8. The maximum absolute atomic E-state index is 5.44. The first-order valence-corrected chi connectivity index (χ1v) is 9.97. The second kappa shape index (κ2) is 10.4. The van der Waals surface area contributed by atoms with Crippen molar-refractivity contribution in [2.75, 3.05) is 27.9 Å². The van der Waals surface area contributed by atoms with Crippen LogP contribution in [0.1, 0.15) is 18.1 Å². The van der Waals surface area contributed by atoms with Crippen LogP contribution in [0.3, 0.4) is 0 Å². The molecular formula is C24H29N3O3. The Kier molecular flexibility index (Phi) is 7.38. The van der Waals surface area contributed by atoms with E-state index in [1.54, 1.807) is 21.3 Å². The first kappa shape index (κ1) is 21.3. The van der Waals surface area contributed by atoms with Gasteiger partial charge in [0.1, 0.15) is 0 Å². The van der Waals surface area contributed by atoms with Gasteiger partial charge in [-0.15, -0.1) is 0 Å². The smallest absolute Gasteiger partial charge is 0.203 e. The fourth-order valence-electron chi connectivity index (χ4n) is 3.36. The monoisotopic (exact) mass is 407 g/mol. The molecule has 0 aliphatic carbocycles. The molecule has 2 N–H and O–H groups in total. The van der Waals surface area contributed by atoms with E-state index in [2.05, 4.69) is 60.0 Å². The van der Waals surface area contributed by atoms with Crippen LogP contribution < -0.4 is 24.8 Å². The zero-order chi connectivity index (χ0) is 21.3. The number of hydrogen-bond acceptors (Lipinski definition) is 4. The Morgan fingerprint density at radius 1 is 0.867 bits per heavy atom. The summed E-state index contributed by atoms with van der Waals surface area (Å²) in [5.74, 6) is 2.57. The molecule has 0 radical (unpaired) electrons. The first-order valence-electron chi connectivity index (χ1n) is 9.97. The lowest BCUT2D eigenvalue weighted by Gasteiger charge is -2.15. The highest BCUT2D eigenvalue weighted by Crippen LogP contribution is 2.38. The molecule has 3 aromatic carbocycles. The zero-order valence-corrected chi connectivity index (χ0v) is 18.0. The zero-order valence-electron chi connectivity index (χ0n) is 18.0. The Morgan fingerprint density at radius 2 is 1.57 bits per heavy atom. The Morgan fingerprint density at radius 3 is 2.23 bits per heavy atom. The van der Waals surface area contributed by atoms with Gasteiger partial charge in [0.15, 0.2) is 17.5 Å². The molecule has 3 rings (SSSR count). The van der Waals surface area contributed by atoms with Gasteiger partial charge in [0.25, 0.3) is 0 Å². The normalized spacial score (nSPS) is 11.3. The Hall–Kier alpha value is -3.41. The predicted molar refractivity (Wildman–Crippen MR) is 122 cm³/mol. The van der Waals surface area contributed by atoms with Crippen LogP contribution in [0.5, 0.6) is 17.2 Å². The van der Waals surface area contributed by atoms with Crippen molar-refractivity contribution >= 4 is 16.7 Å². The summed E-state index contributed by atoms with van der Waals surface area (Å²) in [5.41, 5.74) is 2.19. The van der Waals surface area contributed by atoms with Gasteiger partial charge in [-0.1, -0.05) is 42.5 Å². The van der Waals surface area contributed by atoms with Crippen LogP contribution in [0.25, 0.3) is 10.8 Å². The minimum Gasteiger partial charge on any atom is -0.493 e. The number of fused-ring (bicyclic) bond motifs is 1. The van der Waals surface area contributed by atoms with Crippen molar-refractivity contribution in [3.05, 3.63) is 65.7 Å². The lowest BCUT2D eigenvalue weighted by atomic mass is 10.0. The number of ether oxygens (including phenoxy) is 3. The summed E-state index contributed by atoms with van der Waals surface area (Å²) in [6.45, 7) is 3.98. The second-order valence-corrected chi connectivity index (χ2v) is 6.72. The molecule has 0 aromatic heterocycles. The fraction of sp³-hybridized carbons (Fsp3) is 0.292. The average Bonchev–Trinajstić information content (AvgIpc) is 2.79. The third kappa shape index (κ3) is 4.95. The summed E-state index contributed by atoms with van der Waals surface area (Å²) in [7, 11) is 4.82. The van der Waals surface area contributed by atoms with Gasteiger partial charge in [0.2, 0.25) is 5.75 Å². The molecule has 0 unspecified atom stereocenters. The summed E-state index contributed by atoms with van der Waals surface area (Å²) in [6.07, 6.45) is 0. The van der Waals surface area contributed by atoms with Gasteiger partial charge in [0, 0.05) is 13.1 Å². The van der Waals surface area contributed by atoms with Gasteiger partial charge in [0.05, 0.1) is 27.9 Å². The molecule has 0 atom stereocenters. The van der Waals surface area contributed by atoms with Crippen LogP contribution in [0.15, 0.2) is 59.6 Å². The SMILES string of the molecule is CCNC(=NCc1cc(OC)c(OC)c(OC)c1)NCc1cccc2ccccc12. The Labute approximate surface area is 177 Å². The summed E-state index contributed by atoms with van der Waals surface area (Å²) >= 11 is 0. The number of hydrogen-bond donors (Lipinski definition) is 2. The van der Waals surface area contributed by atoms with Crippen molar-refractivity contribution in [3.8, 4) is 17.2 Å². The van der Waals surface area contributed by atoms with Crippen LogP contribution in [-0.2, 0) is 13.1 Å². The Balaban J connectivity index is 1.78. The molecule has 0 aliphatic rings. The largest absolute Gasteiger partial charge is 0.493 e. The Bertz CT molecular complexity index is 987. The summed E-state index contributed by atoms with van der Waals surface area (Å²) in [5, 5.41) is 9.21. The molecule has 0 aliphatic heterocycles. The third-order valence-electron chi connectivity index (χ3n) is 4.81. The highest BCUT2D eigenvalue weighted by atomic mass is 16.5. The molecule has 0 saturated carbocycles. The van der Waals surface area contributed by atoms with Crippen molar-refractivity contribution in [3.63, 3.8) is 0 Å². The maximum atomic E-state index is 5.44. The second-order valence-electron chi connectivity index (χ2n) is 6.72. The van der Waals surface area contributed by atoms with Gasteiger partial charge < -0.3 is 24.8 Å². The molecule has 30 heavy (non-hydrogen) atoms. The van der Waals surface area contributed by atoms with E-state index in [1.165, 1.54) is 16.3 Å². The average molecular weight is 408 g/mol. The molecule has 3 aromatic rings. The van der Waals surface area contributed by atoms with Crippen LogP contribution in [0, 0.1) is 0 Å². The minimum absolute atomic E-state index is 0.474. The van der Waals surface area contributed by atoms with Gasteiger partial charge in [-0.2, -0.15) is 0 Å². The molecule has 0 spiro atoms. The number of benzene rings is 3. The van der Waals surface area contributed by atoms with E-state index in [4.69, 9.17) is 19.2 Å². The molecule has 158 valence electrons. The van der Waals surface area contributed by atoms with Crippen molar-refractivity contribution in [2.24, 2.45) is 4.99 Å². The molecular weight excluding hydrogens is 378 g/mol. The molecule has 6 nitrogen and oxygen atoms in total. The van der Waals surface area contributed by atoms with E-state index in [0.717, 1.165) is 18.1 Å². The predicted octanol–water partition coefficient (Wildman–Crippen LogP) is 4.12. The molecule has 0 fully saturated rings. The highest BCUT2D eigenvalue weighted by Gasteiger charge is 2.13. The van der Waals surface area contributed by atoms with Crippen LogP contribution in [0.4, 0.5) is 0 Å². The topological polar surface area (TPSA) is 64.1 Å². The van der Waals surface area contributed by atoms with Crippen LogP contribution in [-0.4, -0.2) is 33.8 Å². The van der Waals surface area contributed by atoms with E-state index in [9.17, 15) is 0 Å². The molecule has 0 bridgehead atoms. The number of guanidine groups is 1. The van der Waals surface area contributed by atoms with Crippen molar-refractivity contribution in [1.29, 1.82) is 0 Å². The standard InChI is InChI=1S/C24H29N3O3/c1-5-25-24(27-16-19-11-8-10-18-9-6-7-12-20(18)19)26-15-17-13-21(28-2)23(30-4)22(14-17)29-3/h6-14H,5,15-16H2,1-4H3,(H2,25,26,27). The number of methoxy groups -OCH3 is 3. The van der Waals surface area contributed by atoms with Crippen LogP contribution >= 0.6 is 0 Å². The van der Waals surface area contributed by atoms with Crippen molar-refractivity contribution < 1.29 is 14.2 Å². The molecule has 0 amide bonds. The quantitative estimate of drug-likeness (QED) is 0.434. The van der Waals surface area contributed by atoms with Gasteiger partial charge >= 0.3 is 0 Å². The fourth-order valence-corrected chi connectivity index (χ4v) is 3.36. The number of nitrogens with one attached hydrogen (secondary N) is 2. The van der Waals surface area contributed by atoms with E-state index >= 15 is 0 Å². The molecule has 0 saturated heterocycles. The van der Waals surface area contributed by atoms with Gasteiger partial charge in [-0.3, -0.25) is 0 Å². The molecule has 0 heterocycles. The summed E-state index contributed by atoms with van der Waals surface area (Å²) in [4.78, 5) is 4.73. The van der Waals surface area contributed by atoms with Crippen molar-refractivity contribution in [2.45, 2.75) is 20.0 Å².